The number of nitrogens with one attached hydrogen (secondary N) is 1. The molecule has 2 aliphatic heterocycles. The Morgan fingerprint density at radius 3 is 2.47 bits per heavy atom. The van der Waals surface area contributed by atoms with Crippen molar-refractivity contribution in [3.05, 3.63) is 65.1 Å². The van der Waals surface area contributed by atoms with E-state index in [-0.39, 0.29) is 0 Å². The number of hydrogen-bond donors (Lipinski definition) is 1. The Hall–Kier alpha value is -3.24. The second kappa shape index (κ2) is 10.4. The van der Waals surface area contributed by atoms with Crippen LogP contribution < -0.4 is 5.32 Å². The van der Waals surface area contributed by atoms with Crippen LogP contribution in [0.4, 0.5) is 0 Å². The zero-order valence-corrected chi connectivity index (χ0v) is 20.8. The lowest BCUT2D eigenvalue weighted by Gasteiger charge is -2.28. The molecule has 0 saturated carbocycles. The van der Waals surface area contributed by atoms with Crippen LogP contribution >= 0.6 is 0 Å². The molecule has 2 aromatic rings. The van der Waals surface area contributed by atoms with Crippen LogP contribution in [-0.4, -0.2) is 87.7 Å². The third-order valence-electron chi connectivity index (χ3n) is 7.02. The Morgan fingerprint density at radius 2 is 1.75 bits per heavy atom. The van der Waals surface area contributed by atoms with Crippen LogP contribution in [0.15, 0.2) is 59.5 Å². The van der Waals surface area contributed by atoms with Gasteiger partial charge in [-0.15, -0.1) is 0 Å². The average Bonchev–Trinajstić information content (AvgIpc) is 3.42. The van der Waals surface area contributed by atoms with Gasteiger partial charge in [0.2, 0.25) is 0 Å². The zero-order valence-electron chi connectivity index (χ0n) is 20.8. The fourth-order valence-electron chi connectivity index (χ4n) is 5.17. The minimum atomic E-state index is -0.475. The normalized spacial score (nSPS) is 23.2. The maximum Gasteiger partial charge on any atom is 0.259 e. The Kier molecular flexibility index (Phi) is 7.06. The number of benzene rings is 1. The van der Waals surface area contributed by atoms with E-state index in [1.54, 1.807) is 27.4 Å². The number of aromatic nitrogens is 1. The average molecular weight is 494 g/mol. The Balaban J connectivity index is 1.59. The molecule has 2 amide bonds. The molecule has 190 valence electrons. The van der Waals surface area contributed by atoms with E-state index in [0.29, 0.717) is 22.5 Å². The Morgan fingerprint density at radius 1 is 1.00 bits per heavy atom. The van der Waals surface area contributed by atoms with Gasteiger partial charge in [-0.3, -0.25) is 19.8 Å². The van der Waals surface area contributed by atoms with Gasteiger partial charge in [-0.1, -0.05) is 18.2 Å². The van der Waals surface area contributed by atoms with Gasteiger partial charge in [0.05, 0.1) is 31.5 Å². The molecule has 1 fully saturated rings. The molecular weight excluding hydrogens is 462 g/mol. The summed E-state index contributed by atoms with van der Waals surface area (Å²) in [5.41, 5.74) is 2.96. The second-order valence-corrected chi connectivity index (χ2v) is 8.97. The quantitative estimate of drug-likeness (QED) is 0.562. The smallest absolute Gasteiger partial charge is 0.259 e. The summed E-state index contributed by atoms with van der Waals surface area (Å²) in [6.45, 7) is 4.94. The van der Waals surface area contributed by atoms with Crippen LogP contribution in [0.2, 0.25) is 0 Å². The van der Waals surface area contributed by atoms with Gasteiger partial charge >= 0.3 is 0 Å². The number of imide groups is 1. The van der Waals surface area contributed by atoms with Crippen LogP contribution in [0, 0.1) is 0 Å². The van der Waals surface area contributed by atoms with E-state index in [2.05, 4.69) is 14.8 Å². The summed E-state index contributed by atoms with van der Waals surface area (Å²) in [5.74, 6) is -0.334. The van der Waals surface area contributed by atoms with Crippen LogP contribution in [0.25, 0.3) is 16.5 Å². The van der Waals surface area contributed by atoms with E-state index >= 15 is 0 Å². The van der Waals surface area contributed by atoms with Gasteiger partial charge in [-0.05, 0) is 23.8 Å². The third kappa shape index (κ3) is 4.39. The van der Waals surface area contributed by atoms with Crippen molar-refractivity contribution in [1.82, 2.24) is 14.8 Å². The minimum absolute atomic E-state index is 0.308. The second-order valence-electron chi connectivity index (χ2n) is 8.97. The van der Waals surface area contributed by atoms with Crippen molar-refractivity contribution in [1.29, 1.82) is 0 Å². The molecule has 2 unspecified atom stereocenters. The molecule has 5 rings (SSSR count). The topological polar surface area (TPSA) is 91.3 Å². The van der Waals surface area contributed by atoms with E-state index in [9.17, 15) is 9.59 Å². The summed E-state index contributed by atoms with van der Waals surface area (Å²) in [4.78, 5) is 28.6. The molecule has 0 spiro atoms. The van der Waals surface area contributed by atoms with Crippen LogP contribution in [0.5, 0.6) is 0 Å². The number of nitrogens with zero attached hydrogens (tertiary/aromatic N) is 2. The Labute approximate surface area is 209 Å². The lowest BCUT2D eigenvalue weighted by Crippen LogP contribution is -2.38. The van der Waals surface area contributed by atoms with Gasteiger partial charge in [0, 0.05) is 63.1 Å². The van der Waals surface area contributed by atoms with E-state index < -0.39 is 24.0 Å². The number of morpholine rings is 1. The lowest BCUT2D eigenvalue weighted by molar-refractivity contribution is -0.123. The number of carbonyl (C=O) groups excluding carboxylic acids is 2. The number of fused-ring (bicyclic) bond motifs is 1. The predicted octanol–water partition coefficient (Wildman–Crippen LogP) is 1.88. The summed E-state index contributed by atoms with van der Waals surface area (Å²) in [5, 5.41) is 3.41. The number of hydrogen-bond acceptors (Lipinski definition) is 7. The molecule has 1 N–H and O–H groups in total. The first-order chi connectivity index (χ1) is 17.5. The highest BCUT2D eigenvalue weighted by Gasteiger charge is 2.38. The molecule has 9 heteroatoms. The number of para-hydroxylation sites is 1. The summed E-state index contributed by atoms with van der Waals surface area (Å²) < 4.78 is 24.3. The highest BCUT2D eigenvalue weighted by molar-refractivity contribution is 6.39. The Bertz CT molecular complexity index is 1270. The molecule has 1 aliphatic carbocycles. The summed E-state index contributed by atoms with van der Waals surface area (Å²) in [6, 6.07) is 7.96. The molecule has 36 heavy (non-hydrogen) atoms. The highest BCUT2D eigenvalue weighted by atomic mass is 16.6. The van der Waals surface area contributed by atoms with Crippen molar-refractivity contribution in [3.63, 3.8) is 0 Å². The number of rotatable bonds is 8. The van der Waals surface area contributed by atoms with Crippen molar-refractivity contribution in [3.8, 4) is 0 Å². The number of methoxy groups -OCH3 is 3. The fourth-order valence-corrected chi connectivity index (χ4v) is 5.17. The van der Waals surface area contributed by atoms with Gasteiger partial charge < -0.3 is 23.5 Å². The third-order valence-corrected chi connectivity index (χ3v) is 7.02. The van der Waals surface area contributed by atoms with Gasteiger partial charge in [-0.25, -0.2) is 0 Å². The van der Waals surface area contributed by atoms with Crippen molar-refractivity contribution < 1.29 is 28.5 Å². The van der Waals surface area contributed by atoms with E-state index in [4.69, 9.17) is 18.9 Å². The largest absolute Gasteiger partial charge is 0.498 e. The zero-order chi connectivity index (χ0) is 25.2. The lowest BCUT2D eigenvalue weighted by atomic mass is 9.90. The van der Waals surface area contributed by atoms with Gasteiger partial charge in [-0.2, -0.15) is 0 Å². The van der Waals surface area contributed by atoms with Gasteiger partial charge in [0.1, 0.15) is 18.0 Å². The van der Waals surface area contributed by atoms with E-state index in [1.807, 2.05) is 36.5 Å². The molecule has 1 aromatic heterocycles. The maximum absolute atomic E-state index is 13.2. The molecule has 3 heterocycles. The van der Waals surface area contributed by atoms with E-state index in [1.165, 1.54) is 0 Å². The van der Waals surface area contributed by atoms with Crippen LogP contribution in [0.3, 0.4) is 0 Å². The van der Waals surface area contributed by atoms with Crippen molar-refractivity contribution in [2.75, 3.05) is 54.2 Å². The minimum Gasteiger partial charge on any atom is -0.498 e. The summed E-state index contributed by atoms with van der Waals surface area (Å²) in [7, 11) is 4.69. The number of carbonyl (C=O) groups is 2. The van der Waals surface area contributed by atoms with Crippen molar-refractivity contribution >= 4 is 28.3 Å². The van der Waals surface area contributed by atoms with Crippen molar-refractivity contribution in [2.24, 2.45) is 0 Å². The number of amides is 2. The molecule has 1 aromatic carbocycles. The highest BCUT2D eigenvalue weighted by Crippen LogP contribution is 2.37. The van der Waals surface area contributed by atoms with Crippen molar-refractivity contribution in [2.45, 2.75) is 18.8 Å². The molecule has 9 nitrogen and oxygen atoms in total. The fraction of sp³-hybridized carbons (Fsp3) is 0.407. The van der Waals surface area contributed by atoms with Gasteiger partial charge in [0.15, 0.2) is 0 Å². The first kappa shape index (κ1) is 24.5. The monoisotopic (exact) mass is 493 g/mol. The molecular formula is C27H31N3O6. The number of allylic oxidation sites excluding steroid dienone is 1. The molecule has 0 bridgehead atoms. The van der Waals surface area contributed by atoms with E-state index in [0.717, 1.165) is 55.9 Å². The summed E-state index contributed by atoms with van der Waals surface area (Å²) >= 11 is 0. The summed E-state index contributed by atoms with van der Waals surface area (Å²) in [6.07, 6.45) is 4.61. The van der Waals surface area contributed by atoms with Crippen LogP contribution in [0.1, 0.15) is 5.56 Å². The van der Waals surface area contributed by atoms with Gasteiger partial charge in [0.25, 0.3) is 11.8 Å². The predicted molar refractivity (Wildman–Crippen MR) is 134 cm³/mol. The molecule has 3 aliphatic rings. The molecule has 0 radical (unpaired) electrons. The SMILES string of the molecule is COC1=CC(C2=C(c3cn(CCN4CCOCC4)c4ccccc34)C(=O)NC2=O)=CC(OC)C1OC. The van der Waals surface area contributed by atoms with Crippen LogP contribution in [-0.2, 0) is 35.1 Å². The molecule has 2 atom stereocenters. The maximum atomic E-state index is 13.2. The first-order valence-electron chi connectivity index (χ1n) is 12.1. The number of ether oxygens (including phenoxy) is 4. The first-order valence-corrected chi connectivity index (χ1v) is 12.1. The standard InChI is InChI=1S/C27H31N3O6/c1-33-21-14-17(15-22(34-2)25(21)35-3)23-24(27(32)28-26(23)31)19-16-30(20-7-5-4-6-18(19)20)9-8-29-10-12-36-13-11-29/h4-7,14-16,21,25H,8-13H2,1-3H3,(H,28,31,32). The molecule has 1 saturated heterocycles.